The van der Waals surface area contributed by atoms with Gasteiger partial charge in [-0.1, -0.05) is 12.1 Å². The number of hydrogen-bond acceptors (Lipinski definition) is 4. The molecule has 6 heteroatoms. The zero-order valence-corrected chi connectivity index (χ0v) is 14.4. The summed E-state index contributed by atoms with van der Waals surface area (Å²) in [6.07, 6.45) is 5.10. The molecule has 2 aliphatic heterocycles. The van der Waals surface area contributed by atoms with Gasteiger partial charge < -0.3 is 19.7 Å². The fraction of sp³-hybridized carbons (Fsp3) is 0.474. The van der Waals surface area contributed by atoms with Gasteiger partial charge in [0.1, 0.15) is 0 Å². The van der Waals surface area contributed by atoms with Gasteiger partial charge in [-0.3, -0.25) is 9.59 Å². The van der Waals surface area contributed by atoms with Crippen LogP contribution < -0.4 is 5.32 Å². The fourth-order valence-electron chi connectivity index (χ4n) is 3.20. The highest BCUT2D eigenvalue weighted by molar-refractivity contribution is 5.94. The van der Waals surface area contributed by atoms with Crippen LogP contribution in [-0.2, 0) is 14.3 Å². The van der Waals surface area contributed by atoms with E-state index in [1.807, 2.05) is 17.0 Å². The average Bonchev–Trinajstić information content (AvgIpc) is 3.21. The van der Waals surface area contributed by atoms with E-state index in [-0.39, 0.29) is 18.1 Å². The predicted octanol–water partition coefficient (Wildman–Crippen LogP) is 1.67. The minimum absolute atomic E-state index is 0.0158. The molecule has 0 bridgehead atoms. The lowest BCUT2D eigenvalue weighted by atomic mass is 9.96. The standard InChI is InChI=1S/C19H24N2O4/c1-20-18(23)15-5-2-14(3-6-15)4-7-17(22)21-10-8-16(9-11-21)19-24-12-13-25-19/h2-7,16,19H,8-13H2,1H3,(H,20,23)/b7-4+. The molecule has 3 rings (SSSR count). The van der Waals surface area contributed by atoms with Crippen molar-refractivity contribution in [3.63, 3.8) is 0 Å². The molecule has 2 amide bonds. The highest BCUT2D eigenvalue weighted by Crippen LogP contribution is 2.25. The highest BCUT2D eigenvalue weighted by atomic mass is 16.7. The minimum Gasteiger partial charge on any atom is -0.355 e. The number of nitrogens with one attached hydrogen (secondary N) is 1. The van der Waals surface area contributed by atoms with E-state index in [0.717, 1.165) is 31.5 Å². The third-order valence-electron chi connectivity index (χ3n) is 4.70. The Balaban J connectivity index is 1.50. The van der Waals surface area contributed by atoms with Crippen LogP contribution in [0.2, 0.25) is 0 Å². The Morgan fingerprint density at radius 3 is 2.36 bits per heavy atom. The van der Waals surface area contributed by atoms with Crippen molar-refractivity contribution < 1.29 is 19.1 Å². The van der Waals surface area contributed by atoms with Crippen molar-refractivity contribution >= 4 is 17.9 Å². The average molecular weight is 344 g/mol. The number of carbonyl (C=O) groups excluding carboxylic acids is 2. The number of amides is 2. The van der Waals surface area contributed by atoms with Crippen LogP contribution in [-0.4, -0.2) is 56.4 Å². The first-order valence-corrected chi connectivity index (χ1v) is 8.69. The van der Waals surface area contributed by atoms with E-state index in [9.17, 15) is 9.59 Å². The molecular formula is C19H24N2O4. The SMILES string of the molecule is CNC(=O)c1ccc(/C=C/C(=O)N2CCC(C3OCCO3)CC2)cc1. The molecule has 0 radical (unpaired) electrons. The molecular weight excluding hydrogens is 320 g/mol. The molecule has 2 heterocycles. The minimum atomic E-state index is -0.121. The van der Waals surface area contributed by atoms with E-state index in [4.69, 9.17) is 9.47 Å². The summed E-state index contributed by atoms with van der Waals surface area (Å²) < 4.78 is 11.1. The van der Waals surface area contributed by atoms with Gasteiger partial charge in [-0.2, -0.15) is 0 Å². The van der Waals surface area contributed by atoms with Gasteiger partial charge in [0.05, 0.1) is 13.2 Å². The molecule has 0 aromatic heterocycles. The molecule has 134 valence electrons. The third kappa shape index (κ3) is 4.46. The van der Waals surface area contributed by atoms with Gasteiger partial charge in [0.15, 0.2) is 6.29 Å². The first-order valence-electron chi connectivity index (χ1n) is 8.69. The number of likely N-dealkylation sites (tertiary alicyclic amines) is 1. The van der Waals surface area contributed by atoms with Crippen LogP contribution in [0.5, 0.6) is 0 Å². The Morgan fingerprint density at radius 2 is 1.76 bits per heavy atom. The molecule has 2 fully saturated rings. The van der Waals surface area contributed by atoms with Crippen molar-refractivity contribution in [2.24, 2.45) is 5.92 Å². The summed E-state index contributed by atoms with van der Waals surface area (Å²) >= 11 is 0. The van der Waals surface area contributed by atoms with Crippen LogP contribution in [0.1, 0.15) is 28.8 Å². The van der Waals surface area contributed by atoms with Crippen molar-refractivity contribution in [1.29, 1.82) is 0 Å². The van der Waals surface area contributed by atoms with Crippen molar-refractivity contribution in [1.82, 2.24) is 10.2 Å². The molecule has 0 unspecified atom stereocenters. The molecule has 0 saturated carbocycles. The van der Waals surface area contributed by atoms with Crippen molar-refractivity contribution in [2.45, 2.75) is 19.1 Å². The fourth-order valence-corrected chi connectivity index (χ4v) is 3.20. The summed E-state index contributed by atoms with van der Waals surface area (Å²) in [6.45, 7) is 2.80. The first kappa shape index (κ1) is 17.6. The second kappa shape index (κ2) is 8.27. The molecule has 0 atom stereocenters. The number of rotatable bonds is 4. The summed E-state index contributed by atoms with van der Waals surface area (Å²) in [5, 5.41) is 2.58. The van der Waals surface area contributed by atoms with Gasteiger partial charge in [-0.15, -0.1) is 0 Å². The molecule has 1 N–H and O–H groups in total. The van der Waals surface area contributed by atoms with Crippen LogP contribution in [0.15, 0.2) is 30.3 Å². The first-order chi connectivity index (χ1) is 12.2. The van der Waals surface area contributed by atoms with E-state index < -0.39 is 0 Å². The van der Waals surface area contributed by atoms with E-state index in [1.54, 1.807) is 31.3 Å². The Labute approximate surface area is 147 Å². The van der Waals surface area contributed by atoms with Gasteiger partial charge in [-0.25, -0.2) is 0 Å². The van der Waals surface area contributed by atoms with Crippen LogP contribution in [0, 0.1) is 5.92 Å². The lowest BCUT2D eigenvalue weighted by molar-refractivity contribution is -0.131. The maximum Gasteiger partial charge on any atom is 0.251 e. The number of piperidine rings is 1. The molecule has 0 aliphatic carbocycles. The summed E-state index contributed by atoms with van der Waals surface area (Å²) in [5.74, 6) is 0.277. The predicted molar refractivity (Wildman–Crippen MR) is 93.9 cm³/mol. The maximum atomic E-state index is 12.3. The van der Waals surface area contributed by atoms with Crippen LogP contribution >= 0.6 is 0 Å². The van der Waals surface area contributed by atoms with E-state index in [1.165, 1.54) is 0 Å². The van der Waals surface area contributed by atoms with Gasteiger partial charge in [0.2, 0.25) is 5.91 Å². The molecule has 6 nitrogen and oxygen atoms in total. The Morgan fingerprint density at radius 1 is 1.12 bits per heavy atom. The zero-order chi connectivity index (χ0) is 17.6. The van der Waals surface area contributed by atoms with Crippen molar-refractivity contribution in [3.05, 3.63) is 41.5 Å². The number of nitrogens with zero attached hydrogens (tertiary/aromatic N) is 1. The summed E-state index contributed by atoms with van der Waals surface area (Å²) in [5.41, 5.74) is 1.49. The van der Waals surface area contributed by atoms with Gasteiger partial charge >= 0.3 is 0 Å². The largest absolute Gasteiger partial charge is 0.355 e. The molecule has 2 aliphatic rings. The number of carbonyl (C=O) groups is 2. The van der Waals surface area contributed by atoms with E-state index >= 15 is 0 Å². The smallest absolute Gasteiger partial charge is 0.251 e. The molecule has 0 spiro atoms. The van der Waals surface area contributed by atoms with Crippen molar-refractivity contribution in [3.8, 4) is 0 Å². The summed E-state index contributed by atoms with van der Waals surface area (Å²) in [4.78, 5) is 25.7. The Kier molecular flexibility index (Phi) is 5.83. The van der Waals surface area contributed by atoms with Crippen LogP contribution in [0.25, 0.3) is 6.08 Å². The normalized spacial score (nSPS) is 19.5. The number of benzene rings is 1. The second-order valence-corrected chi connectivity index (χ2v) is 6.31. The highest BCUT2D eigenvalue weighted by Gasteiger charge is 2.31. The van der Waals surface area contributed by atoms with E-state index in [0.29, 0.717) is 24.7 Å². The number of hydrogen-bond donors (Lipinski definition) is 1. The lowest BCUT2D eigenvalue weighted by Gasteiger charge is -2.33. The number of ether oxygens (including phenoxy) is 2. The molecule has 1 aromatic rings. The molecule has 25 heavy (non-hydrogen) atoms. The third-order valence-corrected chi connectivity index (χ3v) is 4.70. The quantitative estimate of drug-likeness (QED) is 0.844. The topological polar surface area (TPSA) is 67.9 Å². The molecule has 1 aromatic carbocycles. The molecule has 2 saturated heterocycles. The van der Waals surface area contributed by atoms with Gasteiger partial charge in [-0.05, 0) is 36.6 Å². The van der Waals surface area contributed by atoms with Gasteiger partial charge in [0, 0.05) is 37.7 Å². The Hall–Kier alpha value is -2.18. The van der Waals surface area contributed by atoms with Gasteiger partial charge in [0.25, 0.3) is 5.91 Å². The Bertz CT molecular complexity index is 627. The lowest BCUT2D eigenvalue weighted by Crippen LogP contribution is -2.40. The summed E-state index contributed by atoms with van der Waals surface area (Å²) in [6, 6.07) is 7.15. The summed E-state index contributed by atoms with van der Waals surface area (Å²) in [7, 11) is 1.60. The monoisotopic (exact) mass is 344 g/mol. The van der Waals surface area contributed by atoms with Crippen LogP contribution in [0.4, 0.5) is 0 Å². The zero-order valence-electron chi connectivity index (χ0n) is 14.4. The van der Waals surface area contributed by atoms with E-state index in [2.05, 4.69) is 5.32 Å². The van der Waals surface area contributed by atoms with Crippen molar-refractivity contribution in [2.75, 3.05) is 33.4 Å². The maximum absolute atomic E-state index is 12.3. The van der Waals surface area contributed by atoms with Crippen LogP contribution in [0.3, 0.4) is 0 Å². The second-order valence-electron chi connectivity index (χ2n) is 6.31.